The van der Waals surface area contributed by atoms with Gasteiger partial charge in [-0.15, -0.1) is 0 Å². The molecule has 0 atom stereocenters. The molecule has 1 aliphatic heterocycles. The molecule has 0 unspecified atom stereocenters. The van der Waals surface area contributed by atoms with Crippen molar-refractivity contribution in [1.82, 2.24) is 9.88 Å². The molecule has 0 saturated carbocycles. The molecule has 1 saturated heterocycles. The van der Waals surface area contributed by atoms with Crippen molar-refractivity contribution in [3.05, 3.63) is 77.7 Å². The van der Waals surface area contributed by atoms with Crippen LogP contribution in [-0.2, 0) is 16.0 Å². The highest BCUT2D eigenvalue weighted by Crippen LogP contribution is 2.31. The number of benzene rings is 2. The lowest BCUT2D eigenvalue weighted by atomic mass is 9.90. The zero-order valence-corrected chi connectivity index (χ0v) is 19.4. The Balaban J connectivity index is 1.53. The normalized spacial score (nSPS) is 14.1. The van der Waals surface area contributed by atoms with E-state index in [-0.39, 0.29) is 17.2 Å². The average molecular weight is 461 g/mol. The number of piperidine rings is 1. The average Bonchev–Trinajstić information content (AvgIpc) is 3.25. The summed E-state index contributed by atoms with van der Waals surface area (Å²) in [7, 11) is 1.50. The van der Waals surface area contributed by atoms with Gasteiger partial charge in [-0.05, 0) is 43.7 Å². The Morgan fingerprint density at radius 1 is 1.09 bits per heavy atom. The van der Waals surface area contributed by atoms with Gasteiger partial charge in [0.05, 0.1) is 24.0 Å². The summed E-state index contributed by atoms with van der Waals surface area (Å²) in [6.45, 7) is 6.29. The molecule has 4 rings (SSSR count). The Hall–Kier alpha value is -3.87. The van der Waals surface area contributed by atoms with Crippen LogP contribution in [0.4, 0.5) is 0 Å². The van der Waals surface area contributed by atoms with E-state index in [0.717, 1.165) is 19.3 Å². The number of likely N-dealkylation sites (tertiary alicyclic amines) is 1. The Morgan fingerprint density at radius 3 is 2.44 bits per heavy atom. The molecule has 176 valence electrons. The third-order valence-corrected chi connectivity index (χ3v) is 6.20. The number of methoxy groups -OCH3 is 1. The molecule has 1 fully saturated rings. The number of nitrogens with one attached hydrogen (secondary N) is 1. The van der Waals surface area contributed by atoms with Crippen molar-refractivity contribution >= 4 is 28.6 Å². The maximum Gasteiger partial charge on any atom is 0.384 e. The first-order valence-corrected chi connectivity index (χ1v) is 11.3. The van der Waals surface area contributed by atoms with E-state index in [1.807, 2.05) is 11.0 Å². The van der Waals surface area contributed by atoms with E-state index in [2.05, 4.69) is 35.8 Å². The number of rotatable bonds is 7. The van der Waals surface area contributed by atoms with Crippen LogP contribution in [0.3, 0.4) is 0 Å². The second-order valence-electron chi connectivity index (χ2n) is 8.65. The third-order valence-electron chi connectivity index (χ3n) is 6.20. The fraction of sp³-hybridized carbons (Fsp3) is 0.296. The first kappa shape index (κ1) is 23.3. The lowest BCUT2D eigenvalue weighted by Crippen LogP contribution is -2.39. The number of ether oxygens (including phenoxy) is 2. The number of allylic oxidation sites excluding steroid dienone is 1. The molecule has 0 aliphatic carbocycles. The number of carbonyl (C=O) groups is 3. The molecule has 1 N–H and O–H groups in total. The zero-order valence-electron chi connectivity index (χ0n) is 19.4. The molecular weight excluding hydrogens is 432 g/mol. The Labute approximate surface area is 198 Å². The van der Waals surface area contributed by atoms with E-state index < -0.39 is 11.8 Å². The topological polar surface area (TPSA) is 88.7 Å². The van der Waals surface area contributed by atoms with Gasteiger partial charge in [-0.25, -0.2) is 4.79 Å². The van der Waals surface area contributed by atoms with Crippen molar-refractivity contribution in [2.24, 2.45) is 5.92 Å². The molecule has 1 aliphatic rings. The molecule has 7 heteroatoms. The number of esters is 1. The largest absolute Gasteiger partial charge is 0.496 e. The number of ketones is 1. The number of Topliss-reactive ketones (excluding diaryl/α,β-unsaturated/α-hetero) is 1. The standard InChI is InChI=1S/C27H28N2O5/c1-17(2)34-27(32)25(30)22-16-28-23-15-24(33-3)21(14-20(22)23)26(31)29-11-9-19(10-12-29)13-18-7-5-4-6-8-18/h4-8,14-16,19,28H,1,9-13H2,2-3H3. The quantitative estimate of drug-likeness (QED) is 0.242. The monoisotopic (exact) mass is 460 g/mol. The van der Waals surface area contributed by atoms with Crippen LogP contribution in [0.5, 0.6) is 5.75 Å². The number of amides is 1. The maximum absolute atomic E-state index is 13.4. The zero-order chi connectivity index (χ0) is 24.2. The molecule has 0 bridgehead atoms. The number of hydrogen-bond donors (Lipinski definition) is 1. The van der Waals surface area contributed by atoms with Gasteiger partial charge in [-0.3, -0.25) is 9.59 Å². The van der Waals surface area contributed by atoms with Gasteiger partial charge in [0, 0.05) is 36.3 Å². The summed E-state index contributed by atoms with van der Waals surface area (Å²) in [6.07, 6.45) is 4.29. The maximum atomic E-state index is 13.4. The summed E-state index contributed by atoms with van der Waals surface area (Å²) in [6, 6.07) is 13.7. The summed E-state index contributed by atoms with van der Waals surface area (Å²) in [5.41, 5.74) is 2.40. The number of hydrogen-bond acceptors (Lipinski definition) is 5. The lowest BCUT2D eigenvalue weighted by Gasteiger charge is -2.32. The number of H-pyrrole nitrogens is 1. The predicted molar refractivity (Wildman–Crippen MR) is 129 cm³/mol. The number of aromatic amines is 1. The summed E-state index contributed by atoms with van der Waals surface area (Å²) in [5, 5.41) is 0.465. The first-order chi connectivity index (χ1) is 16.4. The van der Waals surface area contributed by atoms with Crippen molar-refractivity contribution in [3.63, 3.8) is 0 Å². The molecule has 1 aromatic heterocycles. The van der Waals surface area contributed by atoms with Gasteiger partial charge in [0.25, 0.3) is 11.7 Å². The summed E-state index contributed by atoms with van der Waals surface area (Å²) in [4.78, 5) is 42.9. The summed E-state index contributed by atoms with van der Waals surface area (Å²) < 4.78 is 10.3. The number of carbonyl (C=O) groups excluding carboxylic acids is 3. The minimum Gasteiger partial charge on any atom is -0.496 e. The molecule has 0 radical (unpaired) electrons. The molecule has 34 heavy (non-hydrogen) atoms. The van der Waals surface area contributed by atoms with Crippen molar-refractivity contribution in [1.29, 1.82) is 0 Å². The molecule has 3 aromatic rings. The van der Waals surface area contributed by atoms with Crippen LogP contribution in [0.1, 0.15) is 46.0 Å². The fourth-order valence-electron chi connectivity index (χ4n) is 4.45. The molecular formula is C27H28N2O5. The highest BCUT2D eigenvalue weighted by atomic mass is 16.5. The molecule has 2 heterocycles. The van der Waals surface area contributed by atoms with E-state index in [9.17, 15) is 14.4 Å². The van der Waals surface area contributed by atoms with Gasteiger partial charge in [-0.1, -0.05) is 36.9 Å². The molecule has 1 amide bonds. The van der Waals surface area contributed by atoms with Gasteiger partial charge < -0.3 is 19.4 Å². The van der Waals surface area contributed by atoms with Gasteiger partial charge in [0.15, 0.2) is 0 Å². The van der Waals surface area contributed by atoms with Gasteiger partial charge in [0.2, 0.25) is 0 Å². The Kier molecular flexibility index (Phi) is 6.82. The Morgan fingerprint density at radius 2 is 1.79 bits per heavy atom. The second-order valence-corrected chi connectivity index (χ2v) is 8.65. The van der Waals surface area contributed by atoms with Crippen LogP contribution in [-0.4, -0.2) is 47.7 Å². The molecule has 2 aromatic carbocycles. The molecule has 0 spiro atoms. The van der Waals surface area contributed by atoms with Crippen molar-refractivity contribution in [2.45, 2.75) is 26.2 Å². The summed E-state index contributed by atoms with van der Waals surface area (Å²) in [5.74, 6) is -0.900. The van der Waals surface area contributed by atoms with E-state index in [4.69, 9.17) is 9.47 Å². The van der Waals surface area contributed by atoms with E-state index in [1.165, 1.54) is 25.8 Å². The highest BCUT2D eigenvalue weighted by Gasteiger charge is 2.28. The lowest BCUT2D eigenvalue weighted by molar-refractivity contribution is -0.134. The van der Waals surface area contributed by atoms with Crippen LogP contribution < -0.4 is 4.74 Å². The van der Waals surface area contributed by atoms with Crippen molar-refractivity contribution in [3.8, 4) is 5.75 Å². The minimum absolute atomic E-state index is 0.131. The van der Waals surface area contributed by atoms with Crippen molar-refractivity contribution in [2.75, 3.05) is 20.2 Å². The number of aromatic nitrogens is 1. The minimum atomic E-state index is -1.02. The predicted octanol–water partition coefficient (Wildman–Crippen LogP) is 4.53. The second kappa shape index (κ2) is 9.95. The summed E-state index contributed by atoms with van der Waals surface area (Å²) >= 11 is 0. The number of fused-ring (bicyclic) bond motifs is 1. The van der Waals surface area contributed by atoms with Gasteiger partial charge in [0.1, 0.15) is 5.75 Å². The smallest absolute Gasteiger partial charge is 0.384 e. The first-order valence-electron chi connectivity index (χ1n) is 11.3. The molecule has 7 nitrogen and oxygen atoms in total. The van der Waals surface area contributed by atoms with E-state index >= 15 is 0 Å². The Bertz CT molecular complexity index is 1240. The van der Waals surface area contributed by atoms with Crippen molar-refractivity contribution < 1.29 is 23.9 Å². The van der Waals surface area contributed by atoms with Crippen LogP contribution >= 0.6 is 0 Å². The van der Waals surface area contributed by atoms with Crippen LogP contribution in [0.2, 0.25) is 0 Å². The van der Waals surface area contributed by atoms with E-state index in [1.54, 1.807) is 12.1 Å². The SMILES string of the molecule is C=C(C)OC(=O)C(=O)c1c[nH]c2cc(OC)c(C(=O)N3CCC(Cc4ccccc4)CC3)cc12. The van der Waals surface area contributed by atoms with Crippen LogP contribution in [0, 0.1) is 5.92 Å². The van der Waals surface area contributed by atoms with Crippen LogP contribution in [0.15, 0.2) is 61.0 Å². The van der Waals surface area contributed by atoms with Gasteiger partial charge >= 0.3 is 5.97 Å². The van der Waals surface area contributed by atoms with Gasteiger partial charge in [-0.2, -0.15) is 0 Å². The van der Waals surface area contributed by atoms with E-state index in [0.29, 0.717) is 41.2 Å². The fourth-order valence-corrected chi connectivity index (χ4v) is 4.45. The highest BCUT2D eigenvalue weighted by molar-refractivity contribution is 6.43. The number of nitrogens with zero attached hydrogens (tertiary/aromatic N) is 1. The third kappa shape index (κ3) is 4.88. The van der Waals surface area contributed by atoms with Crippen LogP contribution in [0.25, 0.3) is 10.9 Å².